The summed E-state index contributed by atoms with van der Waals surface area (Å²) in [6.45, 7) is 1.16. The van der Waals surface area contributed by atoms with Crippen LogP contribution in [0.25, 0.3) is 0 Å². The zero-order valence-electron chi connectivity index (χ0n) is 11.7. The third kappa shape index (κ3) is 3.11. The van der Waals surface area contributed by atoms with Crippen molar-refractivity contribution in [3.05, 3.63) is 40.4 Å². The number of piperidine rings is 1. The van der Waals surface area contributed by atoms with Crippen molar-refractivity contribution in [2.24, 2.45) is 0 Å². The van der Waals surface area contributed by atoms with Gasteiger partial charge in [0.25, 0.3) is 12.3 Å². The highest BCUT2D eigenvalue weighted by atomic mass is 32.1. The highest BCUT2D eigenvalue weighted by Gasteiger charge is 2.27. The predicted molar refractivity (Wildman–Crippen MR) is 77.0 cm³/mol. The van der Waals surface area contributed by atoms with Gasteiger partial charge in [-0.3, -0.25) is 4.79 Å². The molecule has 0 aliphatic carbocycles. The van der Waals surface area contributed by atoms with E-state index in [0.717, 1.165) is 30.2 Å². The first-order chi connectivity index (χ1) is 10.6. The van der Waals surface area contributed by atoms with E-state index in [1.807, 2.05) is 5.38 Å². The Kier molecular flexibility index (Phi) is 4.37. The lowest BCUT2D eigenvalue weighted by Crippen LogP contribution is -2.38. The van der Waals surface area contributed by atoms with Crippen LogP contribution in [0.4, 0.5) is 8.78 Å². The molecule has 0 unspecified atom stereocenters. The fourth-order valence-electron chi connectivity index (χ4n) is 2.54. The van der Waals surface area contributed by atoms with E-state index in [1.54, 1.807) is 22.4 Å². The van der Waals surface area contributed by atoms with Gasteiger partial charge < -0.3 is 4.90 Å². The summed E-state index contributed by atoms with van der Waals surface area (Å²) in [5, 5.41) is 3.04. The summed E-state index contributed by atoms with van der Waals surface area (Å²) < 4.78 is 25.3. The Bertz CT molecular complexity index is 642. The molecule has 1 fully saturated rings. The van der Waals surface area contributed by atoms with Gasteiger partial charge in [0.2, 0.25) is 0 Å². The van der Waals surface area contributed by atoms with Crippen molar-refractivity contribution in [2.75, 3.05) is 13.1 Å². The number of rotatable bonds is 3. The number of nitrogens with zero attached hydrogens (tertiary/aromatic N) is 4. The van der Waals surface area contributed by atoms with Crippen LogP contribution in [0.1, 0.15) is 46.4 Å². The fourth-order valence-corrected chi connectivity index (χ4v) is 3.35. The molecule has 1 saturated heterocycles. The average molecular weight is 324 g/mol. The molecule has 3 heterocycles. The van der Waals surface area contributed by atoms with Crippen molar-refractivity contribution in [1.29, 1.82) is 0 Å². The molecule has 0 N–H and O–H groups in total. The minimum absolute atomic E-state index is 0.0259. The van der Waals surface area contributed by atoms with Gasteiger partial charge in [-0.1, -0.05) is 0 Å². The molecule has 3 rings (SSSR count). The molecule has 22 heavy (non-hydrogen) atoms. The van der Waals surface area contributed by atoms with Gasteiger partial charge in [-0.05, 0) is 18.9 Å². The molecule has 1 aliphatic heterocycles. The minimum Gasteiger partial charge on any atom is -0.337 e. The second kappa shape index (κ2) is 6.43. The first-order valence-corrected chi connectivity index (χ1v) is 7.82. The first kappa shape index (κ1) is 15.0. The summed E-state index contributed by atoms with van der Waals surface area (Å²) in [6.07, 6.45) is 1.74. The van der Waals surface area contributed by atoms with Crippen LogP contribution in [-0.4, -0.2) is 38.8 Å². The zero-order valence-corrected chi connectivity index (χ0v) is 12.5. The lowest BCUT2D eigenvalue weighted by molar-refractivity contribution is 0.0706. The summed E-state index contributed by atoms with van der Waals surface area (Å²) in [5.41, 5.74) is -0.394. The topological polar surface area (TPSA) is 59.0 Å². The number of carbonyl (C=O) groups is 1. The monoisotopic (exact) mass is 324 g/mol. The van der Waals surface area contributed by atoms with Crippen LogP contribution in [0.5, 0.6) is 0 Å². The molecule has 0 radical (unpaired) electrons. The Hall–Kier alpha value is -1.96. The third-order valence-corrected chi connectivity index (χ3v) is 4.65. The number of hydrogen-bond donors (Lipinski definition) is 0. The molecule has 0 bridgehead atoms. The molecular formula is C14H14F2N4OS. The molecule has 2 aromatic heterocycles. The minimum atomic E-state index is -2.70. The van der Waals surface area contributed by atoms with Gasteiger partial charge in [-0.15, -0.1) is 11.3 Å². The van der Waals surface area contributed by atoms with Crippen LogP contribution < -0.4 is 0 Å². The van der Waals surface area contributed by atoms with Gasteiger partial charge in [-0.25, -0.2) is 23.7 Å². The number of aromatic nitrogens is 3. The highest BCUT2D eigenvalue weighted by Crippen LogP contribution is 2.29. The Morgan fingerprint density at radius 2 is 2.05 bits per heavy atom. The van der Waals surface area contributed by atoms with Gasteiger partial charge in [-0.2, -0.15) is 0 Å². The van der Waals surface area contributed by atoms with Gasteiger partial charge in [0.05, 0.1) is 5.01 Å². The number of halogens is 2. The summed E-state index contributed by atoms with van der Waals surface area (Å²) >= 11 is 1.62. The molecule has 0 spiro atoms. The number of likely N-dealkylation sites (tertiary alicyclic amines) is 1. The SMILES string of the molecule is O=C(c1cc(C(F)F)ncn1)N1CCC(c2nccs2)CC1. The second-order valence-corrected chi connectivity index (χ2v) is 5.99. The van der Waals surface area contributed by atoms with Gasteiger partial charge in [0.1, 0.15) is 17.7 Å². The number of carbonyl (C=O) groups excluding carboxylic acids is 1. The van der Waals surface area contributed by atoms with Crippen LogP contribution in [-0.2, 0) is 0 Å². The molecular weight excluding hydrogens is 310 g/mol. The van der Waals surface area contributed by atoms with Crippen molar-refractivity contribution < 1.29 is 13.6 Å². The molecule has 8 heteroatoms. The van der Waals surface area contributed by atoms with E-state index in [-0.39, 0.29) is 11.6 Å². The van der Waals surface area contributed by atoms with Crippen molar-refractivity contribution in [1.82, 2.24) is 19.9 Å². The molecule has 2 aromatic rings. The summed E-state index contributed by atoms with van der Waals surface area (Å²) in [7, 11) is 0. The van der Waals surface area contributed by atoms with Crippen LogP contribution in [0.15, 0.2) is 24.0 Å². The number of amides is 1. The molecule has 0 saturated carbocycles. The van der Waals surface area contributed by atoms with E-state index in [2.05, 4.69) is 15.0 Å². The van der Waals surface area contributed by atoms with Crippen molar-refractivity contribution in [3.8, 4) is 0 Å². The summed E-state index contributed by atoms with van der Waals surface area (Å²) in [4.78, 5) is 25.6. The van der Waals surface area contributed by atoms with Crippen LogP contribution in [0, 0.1) is 0 Å². The van der Waals surface area contributed by atoms with E-state index in [9.17, 15) is 13.6 Å². The van der Waals surface area contributed by atoms with E-state index < -0.39 is 12.1 Å². The lowest BCUT2D eigenvalue weighted by Gasteiger charge is -2.30. The zero-order chi connectivity index (χ0) is 15.5. The largest absolute Gasteiger partial charge is 0.337 e. The molecule has 1 amide bonds. The molecule has 0 aromatic carbocycles. The van der Waals surface area contributed by atoms with E-state index >= 15 is 0 Å². The smallest absolute Gasteiger partial charge is 0.280 e. The number of alkyl halides is 2. The molecule has 5 nitrogen and oxygen atoms in total. The third-order valence-electron chi connectivity index (χ3n) is 3.71. The number of hydrogen-bond acceptors (Lipinski definition) is 5. The predicted octanol–water partition coefficient (Wildman–Crippen LogP) is 2.89. The molecule has 0 atom stereocenters. The van der Waals surface area contributed by atoms with Crippen LogP contribution >= 0.6 is 11.3 Å². The maximum Gasteiger partial charge on any atom is 0.280 e. The van der Waals surface area contributed by atoms with Crippen molar-refractivity contribution in [2.45, 2.75) is 25.2 Å². The second-order valence-electron chi connectivity index (χ2n) is 5.07. The molecule has 1 aliphatic rings. The standard InChI is InChI=1S/C14H14F2N4OS/c15-12(16)10-7-11(19-8-18-10)14(21)20-4-1-9(2-5-20)13-17-3-6-22-13/h3,6-9,12H,1-2,4-5H2. The average Bonchev–Trinajstić information content (AvgIpc) is 3.09. The Morgan fingerprint density at radius 3 is 2.68 bits per heavy atom. The lowest BCUT2D eigenvalue weighted by atomic mass is 9.97. The van der Waals surface area contributed by atoms with Gasteiger partial charge in [0, 0.05) is 30.6 Å². The quantitative estimate of drug-likeness (QED) is 0.871. The van der Waals surface area contributed by atoms with Crippen LogP contribution in [0.2, 0.25) is 0 Å². The van der Waals surface area contributed by atoms with Gasteiger partial charge >= 0.3 is 0 Å². The van der Waals surface area contributed by atoms with E-state index in [1.165, 1.54) is 0 Å². The fraction of sp³-hybridized carbons (Fsp3) is 0.429. The summed E-state index contributed by atoms with van der Waals surface area (Å²) in [5.74, 6) is 0.0490. The highest BCUT2D eigenvalue weighted by molar-refractivity contribution is 7.09. The maximum absolute atomic E-state index is 12.6. The van der Waals surface area contributed by atoms with Gasteiger partial charge in [0.15, 0.2) is 0 Å². The van der Waals surface area contributed by atoms with E-state index in [0.29, 0.717) is 19.0 Å². The Balaban J connectivity index is 1.66. The first-order valence-electron chi connectivity index (χ1n) is 6.94. The van der Waals surface area contributed by atoms with E-state index in [4.69, 9.17) is 0 Å². The van der Waals surface area contributed by atoms with Crippen molar-refractivity contribution in [3.63, 3.8) is 0 Å². The van der Waals surface area contributed by atoms with Crippen LogP contribution in [0.3, 0.4) is 0 Å². The summed E-state index contributed by atoms with van der Waals surface area (Å²) in [6, 6.07) is 1.07. The molecule has 116 valence electrons. The Morgan fingerprint density at radius 1 is 1.27 bits per heavy atom. The normalized spacial score (nSPS) is 16.2. The number of thiazole rings is 1. The van der Waals surface area contributed by atoms with Crippen molar-refractivity contribution >= 4 is 17.2 Å². The Labute approximate surface area is 130 Å². The maximum atomic E-state index is 12.6.